The van der Waals surface area contributed by atoms with E-state index in [4.69, 9.17) is 14.2 Å². The second kappa shape index (κ2) is 7.97. The molecule has 9 heteroatoms. The van der Waals surface area contributed by atoms with Gasteiger partial charge < -0.3 is 24.8 Å². The summed E-state index contributed by atoms with van der Waals surface area (Å²) >= 11 is 0. The van der Waals surface area contributed by atoms with E-state index in [1.807, 2.05) is 0 Å². The lowest BCUT2D eigenvalue weighted by molar-refractivity contribution is -0.154. The van der Waals surface area contributed by atoms with Crippen LogP contribution < -0.4 is 10.6 Å². The van der Waals surface area contributed by atoms with Crippen LogP contribution in [0, 0.1) is 17.8 Å². The molecule has 0 aromatic rings. The standard InChI is InChI=1S/C19H30N2O7/c1-7-26-15(23)13-12-11(20-10(3)22)9-19(14(12)13,16(24)27-8-2)21-17(25)28-18(4,5)6/h11-14H,7-9H2,1-6H3,(H,20,22)(H,21,25). The van der Waals surface area contributed by atoms with Crippen molar-refractivity contribution in [2.24, 2.45) is 17.8 Å². The van der Waals surface area contributed by atoms with Gasteiger partial charge in [-0.2, -0.15) is 0 Å². The first-order chi connectivity index (χ1) is 13.0. The van der Waals surface area contributed by atoms with Crippen LogP contribution in [0.3, 0.4) is 0 Å². The summed E-state index contributed by atoms with van der Waals surface area (Å²) in [5.74, 6) is -2.83. The van der Waals surface area contributed by atoms with Gasteiger partial charge in [-0.05, 0) is 40.5 Å². The van der Waals surface area contributed by atoms with Crippen molar-refractivity contribution in [3.63, 3.8) is 0 Å². The molecule has 5 unspecified atom stereocenters. The highest BCUT2D eigenvalue weighted by atomic mass is 16.6. The number of rotatable bonds is 6. The Balaban J connectivity index is 2.36. The number of ether oxygens (including phenoxy) is 3. The molecule has 0 aromatic heterocycles. The molecule has 0 aromatic carbocycles. The number of nitrogens with one attached hydrogen (secondary N) is 2. The Hall–Kier alpha value is -2.32. The van der Waals surface area contributed by atoms with E-state index in [2.05, 4.69) is 10.6 Å². The monoisotopic (exact) mass is 398 g/mol. The van der Waals surface area contributed by atoms with Crippen molar-refractivity contribution < 1.29 is 33.4 Å². The molecule has 28 heavy (non-hydrogen) atoms. The third kappa shape index (κ3) is 4.39. The molecule has 5 atom stereocenters. The molecule has 0 saturated heterocycles. The molecular weight excluding hydrogens is 368 g/mol. The van der Waals surface area contributed by atoms with Gasteiger partial charge in [-0.25, -0.2) is 9.59 Å². The second-order valence-electron chi connectivity index (χ2n) is 8.21. The van der Waals surface area contributed by atoms with Crippen molar-refractivity contribution >= 4 is 23.9 Å². The van der Waals surface area contributed by atoms with Crippen LogP contribution in [0.15, 0.2) is 0 Å². The third-order valence-corrected chi connectivity index (χ3v) is 4.96. The number of hydrogen-bond donors (Lipinski definition) is 2. The Morgan fingerprint density at radius 1 is 1.07 bits per heavy atom. The summed E-state index contributed by atoms with van der Waals surface area (Å²) in [5, 5.41) is 5.45. The van der Waals surface area contributed by atoms with E-state index in [-0.39, 0.29) is 31.5 Å². The van der Waals surface area contributed by atoms with Crippen LogP contribution >= 0.6 is 0 Å². The second-order valence-corrected chi connectivity index (χ2v) is 8.21. The number of esters is 2. The molecule has 0 heterocycles. The van der Waals surface area contributed by atoms with Gasteiger partial charge in [-0.1, -0.05) is 0 Å². The predicted molar refractivity (Wildman–Crippen MR) is 98.1 cm³/mol. The van der Waals surface area contributed by atoms with Gasteiger partial charge in [0.15, 0.2) is 0 Å². The van der Waals surface area contributed by atoms with Crippen LogP contribution in [0.5, 0.6) is 0 Å². The number of carbonyl (C=O) groups excluding carboxylic acids is 4. The van der Waals surface area contributed by atoms with Gasteiger partial charge in [0.2, 0.25) is 5.91 Å². The smallest absolute Gasteiger partial charge is 0.408 e. The SMILES string of the molecule is CCOC(=O)C1C2C(NC(C)=O)CC(NC(=O)OC(C)(C)C)(C(=O)OCC)C12. The Morgan fingerprint density at radius 3 is 2.18 bits per heavy atom. The minimum absolute atomic E-state index is 0.114. The van der Waals surface area contributed by atoms with E-state index in [0.29, 0.717) is 0 Å². The number of alkyl carbamates (subject to hydrolysis) is 1. The fourth-order valence-electron chi connectivity index (χ4n) is 4.19. The largest absolute Gasteiger partial charge is 0.466 e. The molecule has 0 spiro atoms. The Bertz CT molecular complexity index is 657. The van der Waals surface area contributed by atoms with Gasteiger partial charge in [0, 0.05) is 25.3 Å². The highest BCUT2D eigenvalue weighted by molar-refractivity contribution is 5.91. The van der Waals surface area contributed by atoms with Gasteiger partial charge >= 0.3 is 18.0 Å². The summed E-state index contributed by atoms with van der Waals surface area (Å²) in [6.45, 7) is 10.2. The minimum Gasteiger partial charge on any atom is -0.466 e. The highest BCUT2D eigenvalue weighted by Crippen LogP contribution is 2.63. The summed E-state index contributed by atoms with van der Waals surface area (Å²) in [6.07, 6.45) is -0.659. The summed E-state index contributed by atoms with van der Waals surface area (Å²) < 4.78 is 15.7. The maximum Gasteiger partial charge on any atom is 0.408 e. The predicted octanol–water partition coefficient (Wildman–Crippen LogP) is 1.15. The lowest BCUT2D eigenvalue weighted by atomic mass is 9.88. The molecule has 2 rings (SSSR count). The lowest BCUT2D eigenvalue weighted by Crippen LogP contribution is -2.59. The van der Waals surface area contributed by atoms with E-state index in [9.17, 15) is 19.2 Å². The number of hydrogen-bond acceptors (Lipinski definition) is 7. The fraction of sp³-hybridized carbons (Fsp3) is 0.789. The normalized spacial score (nSPS) is 30.6. The lowest BCUT2D eigenvalue weighted by Gasteiger charge is -2.33. The number of fused-ring (bicyclic) bond motifs is 1. The Labute approximate surface area is 164 Å². The van der Waals surface area contributed by atoms with Crippen molar-refractivity contribution in [3.8, 4) is 0 Å². The average molecular weight is 398 g/mol. The van der Waals surface area contributed by atoms with Crippen LogP contribution in [0.25, 0.3) is 0 Å². The topological polar surface area (TPSA) is 120 Å². The minimum atomic E-state index is -1.46. The van der Waals surface area contributed by atoms with E-state index in [1.54, 1.807) is 34.6 Å². The molecular formula is C19H30N2O7. The molecule has 2 aliphatic carbocycles. The highest BCUT2D eigenvalue weighted by Gasteiger charge is 2.76. The first kappa shape index (κ1) is 22.0. The summed E-state index contributed by atoms with van der Waals surface area (Å²) in [7, 11) is 0. The average Bonchev–Trinajstić information content (AvgIpc) is 3.20. The zero-order valence-corrected chi connectivity index (χ0v) is 17.3. The van der Waals surface area contributed by atoms with Crippen molar-refractivity contribution in [2.75, 3.05) is 13.2 Å². The van der Waals surface area contributed by atoms with E-state index in [0.717, 1.165) is 0 Å². The van der Waals surface area contributed by atoms with Crippen LogP contribution in [-0.2, 0) is 28.6 Å². The summed E-state index contributed by atoms with van der Waals surface area (Å²) in [4.78, 5) is 49.4. The first-order valence-corrected chi connectivity index (χ1v) is 9.59. The molecule has 2 amide bonds. The van der Waals surface area contributed by atoms with Gasteiger partial charge in [-0.3, -0.25) is 9.59 Å². The van der Waals surface area contributed by atoms with Gasteiger partial charge in [-0.15, -0.1) is 0 Å². The van der Waals surface area contributed by atoms with E-state index < -0.39 is 47.0 Å². The molecule has 0 aliphatic heterocycles. The van der Waals surface area contributed by atoms with Crippen molar-refractivity contribution in [1.29, 1.82) is 0 Å². The van der Waals surface area contributed by atoms with E-state index >= 15 is 0 Å². The van der Waals surface area contributed by atoms with Crippen molar-refractivity contribution in [2.45, 2.75) is 65.1 Å². The first-order valence-electron chi connectivity index (χ1n) is 9.59. The fourth-order valence-corrected chi connectivity index (χ4v) is 4.19. The van der Waals surface area contributed by atoms with Crippen molar-refractivity contribution in [3.05, 3.63) is 0 Å². The van der Waals surface area contributed by atoms with Crippen LogP contribution in [0.4, 0.5) is 4.79 Å². The van der Waals surface area contributed by atoms with Crippen LogP contribution in [-0.4, -0.2) is 54.3 Å². The van der Waals surface area contributed by atoms with Crippen LogP contribution in [0.1, 0.15) is 48.0 Å². The zero-order valence-electron chi connectivity index (χ0n) is 17.3. The maximum absolute atomic E-state index is 12.9. The maximum atomic E-state index is 12.9. The Kier molecular flexibility index (Phi) is 6.25. The summed E-state index contributed by atoms with van der Waals surface area (Å²) in [5.41, 5.74) is -2.23. The molecule has 9 nitrogen and oxygen atoms in total. The molecule has 2 fully saturated rings. The number of amides is 2. The molecule has 2 N–H and O–H groups in total. The van der Waals surface area contributed by atoms with Gasteiger partial charge in [0.1, 0.15) is 11.1 Å². The zero-order chi connectivity index (χ0) is 21.3. The molecule has 0 radical (unpaired) electrons. The Morgan fingerprint density at radius 2 is 1.68 bits per heavy atom. The quantitative estimate of drug-likeness (QED) is 0.508. The molecule has 158 valence electrons. The third-order valence-electron chi connectivity index (χ3n) is 4.96. The summed E-state index contributed by atoms with van der Waals surface area (Å²) in [6, 6.07) is -0.462. The molecule has 2 saturated carbocycles. The molecule has 2 aliphatic rings. The van der Waals surface area contributed by atoms with Crippen LogP contribution in [0.2, 0.25) is 0 Å². The van der Waals surface area contributed by atoms with Crippen molar-refractivity contribution in [1.82, 2.24) is 10.6 Å². The van der Waals surface area contributed by atoms with E-state index in [1.165, 1.54) is 6.92 Å². The van der Waals surface area contributed by atoms with Gasteiger partial charge in [0.05, 0.1) is 19.1 Å². The van der Waals surface area contributed by atoms with Gasteiger partial charge in [0.25, 0.3) is 0 Å². The number of carbonyl (C=O) groups is 4. The molecule has 0 bridgehead atoms.